The average molecular weight is 240 g/mol. The van der Waals surface area contributed by atoms with Crippen molar-refractivity contribution < 1.29 is 0 Å². The van der Waals surface area contributed by atoms with Crippen molar-refractivity contribution in [3.63, 3.8) is 0 Å². The summed E-state index contributed by atoms with van der Waals surface area (Å²) in [6, 6.07) is 0.529. The van der Waals surface area contributed by atoms with E-state index in [0.717, 1.165) is 0 Å². The number of hydrogen-bond donors (Lipinski definition) is 1. The fourth-order valence-corrected chi connectivity index (χ4v) is 2.27. The number of anilines is 1. The van der Waals surface area contributed by atoms with E-state index < -0.39 is 0 Å². The molecule has 0 bridgehead atoms. The average Bonchev–Trinajstić information content (AvgIpc) is 2.25. The highest BCUT2D eigenvalue weighted by Gasteiger charge is 2.11. The summed E-state index contributed by atoms with van der Waals surface area (Å²) in [6.45, 7) is 0. The smallest absolute Gasteiger partial charge is 0.222 e. The van der Waals surface area contributed by atoms with E-state index in [1.54, 1.807) is 12.4 Å². The first kappa shape index (κ1) is 11.6. The number of nitrogens with one attached hydrogen (secondary N) is 1. The maximum atomic E-state index is 5.75. The van der Waals surface area contributed by atoms with Crippen LogP contribution in [0.1, 0.15) is 44.9 Å². The van der Waals surface area contributed by atoms with E-state index in [9.17, 15) is 0 Å². The van der Waals surface area contributed by atoms with Gasteiger partial charge >= 0.3 is 0 Å². The second kappa shape index (κ2) is 6.04. The highest BCUT2D eigenvalue weighted by atomic mass is 35.5. The van der Waals surface area contributed by atoms with Crippen molar-refractivity contribution in [2.75, 3.05) is 5.32 Å². The molecule has 1 fully saturated rings. The fourth-order valence-electron chi connectivity index (χ4n) is 2.17. The minimum Gasteiger partial charge on any atom is -0.351 e. The molecule has 1 aromatic heterocycles. The van der Waals surface area contributed by atoms with E-state index in [-0.39, 0.29) is 0 Å². The molecule has 0 aliphatic heterocycles. The lowest BCUT2D eigenvalue weighted by Gasteiger charge is -2.20. The van der Waals surface area contributed by atoms with Gasteiger partial charge in [0, 0.05) is 6.04 Å². The Hall–Kier alpha value is -0.830. The largest absolute Gasteiger partial charge is 0.351 e. The molecule has 0 aromatic carbocycles. The van der Waals surface area contributed by atoms with Crippen LogP contribution in [0.5, 0.6) is 0 Å². The van der Waals surface area contributed by atoms with Crippen molar-refractivity contribution in [3.05, 3.63) is 17.4 Å². The van der Waals surface area contributed by atoms with Crippen LogP contribution < -0.4 is 5.32 Å². The third-order valence-corrected chi connectivity index (χ3v) is 3.25. The lowest BCUT2D eigenvalue weighted by molar-refractivity contribution is 0.470. The monoisotopic (exact) mass is 239 g/mol. The van der Waals surface area contributed by atoms with Crippen LogP contribution in [0.25, 0.3) is 0 Å². The topological polar surface area (TPSA) is 37.8 Å². The van der Waals surface area contributed by atoms with Crippen LogP contribution in [-0.4, -0.2) is 16.0 Å². The van der Waals surface area contributed by atoms with Crippen molar-refractivity contribution in [2.24, 2.45) is 0 Å². The highest BCUT2D eigenvalue weighted by Crippen LogP contribution is 2.19. The van der Waals surface area contributed by atoms with Crippen molar-refractivity contribution in [3.8, 4) is 0 Å². The summed E-state index contributed by atoms with van der Waals surface area (Å²) in [5.74, 6) is 0.704. The predicted molar refractivity (Wildman–Crippen MR) is 66.8 cm³/mol. The quantitative estimate of drug-likeness (QED) is 0.856. The summed E-state index contributed by atoms with van der Waals surface area (Å²) in [6.07, 6.45) is 12.5. The molecular formula is C12H18ClN3. The van der Waals surface area contributed by atoms with Gasteiger partial charge in [-0.3, -0.25) is 0 Å². The van der Waals surface area contributed by atoms with Gasteiger partial charge in [-0.1, -0.05) is 43.7 Å². The van der Waals surface area contributed by atoms with Crippen LogP contribution in [0.3, 0.4) is 0 Å². The molecule has 0 atom stereocenters. The minimum atomic E-state index is 0.529. The molecule has 0 spiro atoms. The molecule has 0 radical (unpaired) electrons. The van der Waals surface area contributed by atoms with E-state index in [4.69, 9.17) is 11.6 Å². The lowest BCUT2D eigenvalue weighted by Crippen LogP contribution is -2.21. The zero-order valence-electron chi connectivity index (χ0n) is 9.45. The van der Waals surface area contributed by atoms with Gasteiger partial charge in [-0.2, -0.15) is 0 Å². The molecule has 4 heteroatoms. The molecule has 0 amide bonds. The van der Waals surface area contributed by atoms with Crippen molar-refractivity contribution in [2.45, 2.75) is 51.0 Å². The van der Waals surface area contributed by atoms with Gasteiger partial charge < -0.3 is 5.32 Å². The van der Waals surface area contributed by atoms with Gasteiger partial charge in [-0.15, -0.1) is 0 Å². The van der Waals surface area contributed by atoms with Gasteiger partial charge in [-0.25, -0.2) is 9.97 Å². The van der Waals surface area contributed by atoms with Crippen LogP contribution in [-0.2, 0) is 0 Å². The maximum absolute atomic E-state index is 5.75. The Balaban J connectivity index is 1.89. The first-order valence-electron chi connectivity index (χ1n) is 6.09. The van der Waals surface area contributed by atoms with Gasteiger partial charge in [0.1, 0.15) is 0 Å². The van der Waals surface area contributed by atoms with Crippen molar-refractivity contribution in [1.29, 1.82) is 0 Å². The second-order valence-corrected chi connectivity index (χ2v) is 4.85. The zero-order valence-corrected chi connectivity index (χ0v) is 10.2. The fraction of sp³-hybridized carbons (Fsp3) is 0.667. The van der Waals surface area contributed by atoms with Gasteiger partial charge in [0.15, 0.2) is 0 Å². The van der Waals surface area contributed by atoms with E-state index in [1.165, 1.54) is 44.9 Å². The first-order valence-corrected chi connectivity index (χ1v) is 6.46. The molecule has 16 heavy (non-hydrogen) atoms. The van der Waals surface area contributed by atoms with E-state index in [0.29, 0.717) is 17.0 Å². The predicted octanol–water partition coefficient (Wildman–Crippen LogP) is 3.65. The van der Waals surface area contributed by atoms with Gasteiger partial charge in [0.2, 0.25) is 5.95 Å². The third-order valence-electron chi connectivity index (χ3n) is 3.06. The molecule has 2 rings (SSSR count). The summed E-state index contributed by atoms with van der Waals surface area (Å²) in [5.41, 5.74) is 0. The zero-order chi connectivity index (χ0) is 11.2. The molecule has 88 valence electrons. The summed E-state index contributed by atoms with van der Waals surface area (Å²) in [5, 5.41) is 3.98. The number of hydrogen-bond acceptors (Lipinski definition) is 3. The summed E-state index contributed by atoms with van der Waals surface area (Å²) >= 11 is 5.75. The van der Waals surface area contributed by atoms with E-state index >= 15 is 0 Å². The van der Waals surface area contributed by atoms with Crippen LogP contribution in [0, 0.1) is 0 Å². The second-order valence-electron chi connectivity index (χ2n) is 4.41. The Kier molecular flexibility index (Phi) is 4.40. The van der Waals surface area contributed by atoms with Crippen LogP contribution in [0.4, 0.5) is 5.95 Å². The minimum absolute atomic E-state index is 0.529. The first-order chi connectivity index (χ1) is 7.84. The van der Waals surface area contributed by atoms with E-state index in [1.807, 2.05) is 0 Å². The Morgan fingerprint density at radius 3 is 2.19 bits per heavy atom. The van der Waals surface area contributed by atoms with Gasteiger partial charge in [0.05, 0.1) is 17.4 Å². The normalized spacial score (nSPS) is 18.8. The summed E-state index contributed by atoms with van der Waals surface area (Å²) < 4.78 is 0. The third kappa shape index (κ3) is 3.63. The molecule has 0 saturated heterocycles. The van der Waals surface area contributed by atoms with Crippen molar-refractivity contribution in [1.82, 2.24) is 9.97 Å². The molecule has 0 unspecified atom stereocenters. The number of rotatable bonds is 2. The molecule has 1 aromatic rings. The van der Waals surface area contributed by atoms with Crippen LogP contribution in [0.2, 0.25) is 5.02 Å². The molecule has 1 N–H and O–H groups in total. The van der Waals surface area contributed by atoms with E-state index in [2.05, 4.69) is 15.3 Å². The maximum Gasteiger partial charge on any atom is 0.222 e. The van der Waals surface area contributed by atoms with Crippen LogP contribution >= 0.6 is 11.6 Å². The van der Waals surface area contributed by atoms with Gasteiger partial charge in [-0.05, 0) is 12.8 Å². The Bertz CT molecular complexity index is 305. The van der Waals surface area contributed by atoms with Gasteiger partial charge in [0.25, 0.3) is 0 Å². The Labute approximate surface area is 102 Å². The molecule has 1 heterocycles. The molecule has 1 aliphatic carbocycles. The number of aromatic nitrogens is 2. The SMILES string of the molecule is Clc1cnc(NC2CCCCCCC2)nc1. The standard InChI is InChI=1S/C12H18ClN3/c13-10-8-14-12(15-9-10)16-11-6-4-2-1-3-5-7-11/h8-9,11H,1-7H2,(H,14,15,16). The lowest BCUT2D eigenvalue weighted by atomic mass is 9.97. The highest BCUT2D eigenvalue weighted by molar-refractivity contribution is 6.30. The Morgan fingerprint density at radius 1 is 1.00 bits per heavy atom. The molecular weight excluding hydrogens is 222 g/mol. The molecule has 3 nitrogen and oxygen atoms in total. The molecule has 1 saturated carbocycles. The Morgan fingerprint density at radius 2 is 1.56 bits per heavy atom. The summed E-state index contributed by atoms with van der Waals surface area (Å²) in [7, 11) is 0. The molecule has 1 aliphatic rings. The van der Waals surface area contributed by atoms with Crippen LogP contribution in [0.15, 0.2) is 12.4 Å². The van der Waals surface area contributed by atoms with Crippen molar-refractivity contribution >= 4 is 17.5 Å². The number of halogens is 1. The summed E-state index contributed by atoms with van der Waals surface area (Å²) in [4.78, 5) is 8.34. The number of nitrogens with zero attached hydrogens (tertiary/aromatic N) is 2.